The van der Waals surface area contributed by atoms with Crippen molar-refractivity contribution in [3.63, 3.8) is 0 Å². The van der Waals surface area contributed by atoms with Crippen molar-refractivity contribution in [2.45, 2.75) is 45.9 Å². The minimum atomic E-state index is -0.261. The molecule has 0 radical (unpaired) electrons. The van der Waals surface area contributed by atoms with Crippen molar-refractivity contribution in [3.8, 4) is 5.75 Å². The minimum absolute atomic E-state index is 0.0159. The molecule has 1 heterocycles. The first-order valence-corrected chi connectivity index (χ1v) is 12.0. The van der Waals surface area contributed by atoms with E-state index in [4.69, 9.17) is 9.47 Å². The average Bonchev–Trinajstić information content (AvgIpc) is 2.84. The third-order valence-corrected chi connectivity index (χ3v) is 6.45. The maximum Gasteiger partial charge on any atom is 0.257 e. The summed E-state index contributed by atoms with van der Waals surface area (Å²) in [6.07, 6.45) is 0.144. The molecule has 0 spiro atoms. The van der Waals surface area contributed by atoms with E-state index in [9.17, 15) is 14.0 Å². The number of nitrogens with one attached hydrogen (secondary N) is 1. The Morgan fingerprint density at radius 3 is 2.66 bits per heavy atom. The first-order valence-electron chi connectivity index (χ1n) is 12.0. The summed E-state index contributed by atoms with van der Waals surface area (Å²) in [7, 11) is 3.39. The third kappa shape index (κ3) is 7.02. The van der Waals surface area contributed by atoms with Gasteiger partial charge in [-0.05, 0) is 48.7 Å². The van der Waals surface area contributed by atoms with Crippen LogP contribution in [0.1, 0.15) is 43.1 Å². The summed E-state index contributed by atoms with van der Waals surface area (Å²) >= 11 is 0. The van der Waals surface area contributed by atoms with Crippen LogP contribution in [0.2, 0.25) is 0 Å². The number of ether oxygens (including phenoxy) is 2. The number of rotatable bonds is 5. The van der Waals surface area contributed by atoms with Crippen LogP contribution in [-0.2, 0) is 16.1 Å². The van der Waals surface area contributed by atoms with Gasteiger partial charge in [0.2, 0.25) is 5.91 Å². The second-order valence-electron chi connectivity index (χ2n) is 9.27. The lowest BCUT2D eigenvalue weighted by Crippen LogP contribution is -2.46. The molecule has 0 aromatic heterocycles. The van der Waals surface area contributed by atoms with Crippen molar-refractivity contribution in [3.05, 3.63) is 59.4 Å². The lowest BCUT2D eigenvalue weighted by molar-refractivity contribution is -0.115. The monoisotopic (exact) mass is 485 g/mol. The number of carbonyl (C=O) groups is 2. The summed E-state index contributed by atoms with van der Waals surface area (Å²) in [6, 6.07) is 11.7. The lowest BCUT2D eigenvalue weighted by atomic mass is 10.0. The Morgan fingerprint density at radius 1 is 1.20 bits per heavy atom. The normalized spacial score (nSPS) is 21.9. The maximum absolute atomic E-state index is 13.8. The zero-order valence-corrected chi connectivity index (χ0v) is 21.2. The Balaban J connectivity index is 1.94. The van der Waals surface area contributed by atoms with Crippen molar-refractivity contribution in [2.75, 3.05) is 39.2 Å². The smallest absolute Gasteiger partial charge is 0.257 e. The number of anilines is 1. The fourth-order valence-electron chi connectivity index (χ4n) is 4.27. The van der Waals surface area contributed by atoms with Crippen molar-refractivity contribution in [1.82, 2.24) is 9.80 Å². The number of hydrogen-bond donors (Lipinski definition) is 1. The Hall–Kier alpha value is -2.97. The molecule has 1 aliphatic rings. The molecule has 0 saturated heterocycles. The summed E-state index contributed by atoms with van der Waals surface area (Å²) < 4.78 is 25.8. The standard InChI is InChI=1S/C27H36FN3O4/c1-6-26(32)29-22-10-11-24-23(13-22)27(33)30(4)16-25(34-5)18(2)14-31(19(3)17-35-24)15-20-8-7-9-21(28)12-20/h7-13,18-19,25H,6,14-17H2,1-5H3,(H,29,32)/t18-,19-,25+/m0/s1. The number of methoxy groups -OCH3 is 1. The second kappa shape index (κ2) is 12.1. The number of nitrogens with zero attached hydrogens (tertiary/aromatic N) is 2. The fraction of sp³-hybridized carbons (Fsp3) is 0.481. The lowest BCUT2D eigenvalue weighted by Gasteiger charge is -2.36. The number of likely N-dealkylation sites (N-methyl/N-ethyl adjacent to an activating group) is 1. The highest BCUT2D eigenvalue weighted by atomic mass is 19.1. The molecule has 2 amide bonds. The second-order valence-corrected chi connectivity index (χ2v) is 9.27. The van der Waals surface area contributed by atoms with Gasteiger partial charge in [0.1, 0.15) is 18.2 Å². The summed E-state index contributed by atoms with van der Waals surface area (Å²) in [5.74, 6) is -0.0400. The molecule has 1 N–H and O–H groups in total. The summed E-state index contributed by atoms with van der Waals surface area (Å²) in [5, 5.41) is 2.81. The van der Waals surface area contributed by atoms with Gasteiger partial charge in [-0.2, -0.15) is 0 Å². The Labute approximate surface area is 207 Å². The van der Waals surface area contributed by atoms with E-state index in [1.54, 1.807) is 56.3 Å². The molecule has 1 aliphatic heterocycles. The van der Waals surface area contributed by atoms with Crippen molar-refractivity contribution >= 4 is 17.5 Å². The Morgan fingerprint density at radius 2 is 1.97 bits per heavy atom. The van der Waals surface area contributed by atoms with Gasteiger partial charge in [-0.15, -0.1) is 0 Å². The van der Waals surface area contributed by atoms with Gasteiger partial charge in [0.25, 0.3) is 5.91 Å². The van der Waals surface area contributed by atoms with Gasteiger partial charge in [0.05, 0.1) is 11.7 Å². The molecule has 0 saturated carbocycles. The van der Waals surface area contributed by atoms with E-state index in [1.807, 2.05) is 6.07 Å². The van der Waals surface area contributed by atoms with Crippen molar-refractivity contribution in [2.24, 2.45) is 5.92 Å². The van der Waals surface area contributed by atoms with Crippen molar-refractivity contribution in [1.29, 1.82) is 0 Å². The number of benzene rings is 2. The van der Waals surface area contributed by atoms with Crippen LogP contribution in [-0.4, -0.2) is 67.6 Å². The van der Waals surface area contributed by atoms with Crippen LogP contribution in [0.5, 0.6) is 5.75 Å². The highest BCUT2D eigenvalue weighted by Crippen LogP contribution is 2.27. The molecular formula is C27H36FN3O4. The van der Waals surface area contributed by atoms with Crippen LogP contribution in [0.4, 0.5) is 10.1 Å². The summed E-state index contributed by atoms with van der Waals surface area (Å²) in [4.78, 5) is 29.1. The van der Waals surface area contributed by atoms with E-state index in [0.29, 0.717) is 49.7 Å². The molecule has 3 rings (SSSR count). The Kier molecular flexibility index (Phi) is 9.23. The van der Waals surface area contributed by atoms with Gasteiger partial charge < -0.3 is 19.7 Å². The number of halogens is 1. The highest BCUT2D eigenvalue weighted by molar-refractivity contribution is 5.99. The maximum atomic E-state index is 13.8. The summed E-state index contributed by atoms with van der Waals surface area (Å²) in [5.41, 5.74) is 1.81. The first kappa shape index (κ1) is 26.6. The number of amides is 2. The van der Waals surface area contributed by atoms with E-state index < -0.39 is 0 Å². The SMILES string of the molecule is CCC(=O)Nc1ccc2c(c1)C(=O)N(C)C[C@@H](OC)[C@@H](C)CN(Cc1cccc(F)c1)[C@@H](C)CO2. The molecule has 0 aliphatic carbocycles. The fourth-order valence-corrected chi connectivity index (χ4v) is 4.27. The first-order chi connectivity index (χ1) is 16.7. The zero-order valence-electron chi connectivity index (χ0n) is 21.2. The minimum Gasteiger partial charge on any atom is -0.491 e. The van der Waals surface area contributed by atoms with Gasteiger partial charge in [-0.25, -0.2) is 4.39 Å². The van der Waals surface area contributed by atoms with Gasteiger partial charge in [0.15, 0.2) is 0 Å². The quantitative estimate of drug-likeness (QED) is 0.688. The molecule has 7 nitrogen and oxygen atoms in total. The molecule has 35 heavy (non-hydrogen) atoms. The van der Waals surface area contributed by atoms with Gasteiger partial charge in [-0.1, -0.05) is 26.0 Å². The third-order valence-electron chi connectivity index (χ3n) is 6.45. The predicted octanol–water partition coefficient (Wildman–Crippen LogP) is 4.18. The number of carbonyl (C=O) groups excluding carboxylic acids is 2. The molecule has 0 bridgehead atoms. The number of fused-ring (bicyclic) bond motifs is 1. The summed E-state index contributed by atoms with van der Waals surface area (Å²) in [6.45, 7) is 7.91. The predicted molar refractivity (Wildman–Crippen MR) is 134 cm³/mol. The Bertz CT molecular complexity index is 1030. The van der Waals surface area contributed by atoms with E-state index in [-0.39, 0.29) is 35.7 Å². The largest absolute Gasteiger partial charge is 0.491 e. The van der Waals surface area contributed by atoms with E-state index in [2.05, 4.69) is 24.1 Å². The topological polar surface area (TPSA) is 71.1 Å². The molecule has 0 unspecified atom stereocenters. The van der Waals surface area contributed by atoms with Gasteiger partial charge in [-0.3, -0.25) is 14.5 Å². The van der Waals surface area contributed by atoms with Crippen LogP contribution < -0.4 is 10.1 Å². The molecular weight excluding hydrogens is 449 g/mol. The van der Waals surface area contributed by atoms with E-state index in [1.165, 1.54) is 6.07 Å². The highest BCUT2D eigenvalue weighted by Gasteiger charge is 2.28. The zero-order chi connectivity index (χ0) is 25.5. The van der Waals surface area contributed by atoms with E-state index in [0.717, 1.165) is 5.56 Å². The van der Waals surface area contributed by atoms with Gasteiger partial charge in [0, 0.05) is 51.9 Å². The molecule has 190 valence electrons. The van der Waals surface area contributed by atoms with Crippen LogP contribution in [0.15, 0.2) is 42.5 Å². The molecule has 3 atom stereocenters. The van der Waals surface area contributed by atoms with Crippen LogP contribution >= 0.6 is 0 Å². The van der Waals surface area contributed by atoms with Crippen LogP contribution in [0, 0.1) is 11.7 Å². The van der Waals surface area contributed by atoms with E-state index >= 15 is 0 Å². The molecule has 0 fully saturated rings. The average molecular weight is 486 g/mol. The van der Waals surface area contributed by atoms with Crippen molar-refractivity contribution < 1.29 is 23.5 Å². The number of hydrogen-bond acceptors (Lipinski definition) is 5. The van der Waals surface area contributed by atoms with Crippen LogP contribution in [0.3, 0.4) is 0 Å². The van der Waals surface area contributed by atoms with Gasteiger partial charge >= 0.3 is 0 Å². The van der Waals surface area contributed by atoms with Crippen LogP contribution in [0.25, 0.3) is 0 Å². The molecule has 2 aromatic carbocycles. The molecule has 2 aromatic rings. The molecule has 8 heteroatoms.